The number of rotatable bonds is 1. The largest absolute Gasteiger partial charge is 0.328 e. The molecule has 70 valence electrons. The molecule has 2 rings (SSSR count). The molecule has 0 aromatic heterocycles. The second-order valence-electron chi connectivity index (χ2n) is 3.70. The van der Waals surface area contributed by atoms with Crippen LogP contribution in [0.2, 0.25) is 0 Å². The summed E-state index contributed by atoms with van der Waals surface area (Å²) in [5, 5.41) is 3.49. The van der Waals surface area contributed by atoms with Gasteiger partial charge in [0.15, 0.2) is 0 Å². The molecule has 1 fully saturated rings. The summed E-state index contributed by atoms with van der Waals surface area (Å²) in [5.41, 5.74) is 7.28. The standard InChI is InChI=1S/C11H16N2/c12-10-6-7-13-11(8-10)9-4-2-1-3-5-9/h1-5,10-11,13H,6-8,12H2. The highest BCUT2D eigenvalue weighted by atomic mass is 14.9. The van der Waals surface area contributed by atoms with Crippen LogP contribution in [0.5, 0.6) is 0 Å². The van der Waals surface area contributed by atoms with Crippen LogP contribution < -0.4 is 11.1 Å². The summed E-state index contributed by atoms with van der Waals surface area (Å²) < 4.78 is 0. The van der Waals surface area contributed by atoms with Crippen molar-refractivity contribution in [3.05, 3.63) is 35.9 Å². The lowest BCUT2D eigenvalue weighted by atomic mass is 9.94. The summed E-state index contributed by atoms with van der Waals surface area (Å²) >= 11 is 0. The first kappa shape index (κ1) is 8.73. The summed E-state index contributed by atoms with van der Waals surface area (Å²) in [6.45, 7) is 1.04. The first-order chi connectivity index (χ1) is 6.36. The molecule has 2 atom stereocenters. The zero-order valence-electron chi connectivity index (χ0n) is 7.74. The van der Waals surface area contributed by atoms with Crippen molar-refractivity contribution in [3.8, 4) is 0 Å². The van der Waals surface area contributed by atoms with E-state index in [-0.39, 0.29) is 0 Å². The minimum absolute atomic E-state index is 0.367. The van der Waals surface area contributed by atoms with Gasteiger partial charge in [0.05, 0.1) is 0 Å². The maximum Gasteiger partial charge on any atom is 0.0334 e. The molecule has 0 saturated carbocycles. The molecule has 1 aliphatic rings. The smallest absolute Gasteiger partial charge is 0.0334 e. The first-order valence-electron chi connectivity index (χ1n) is 4.90. The van der Waals surface area contributed by atoms with Gasteiger partial charge in [-0.15, -0.1) is 0 Å². The number of benzene rings is 1. The van der Waals surface area contributed by atoms with E-state index in [0.29, 0.717) is 12.1 Å². The van der Waals surface area contributed by atoms with Gasteiger partial charge in [0.25, 0.3) is 0 Å². The van der Waals surface area contributed by atoms with Crippen molar-refractivity contribution in [2.75, 3.05) is 6.54 Å². The molecule has 1 aromatic rings. The van der Waals surface area contributed by atoms with Crippen molar-refractivity contribution in [2.45, 2.75) is 24.9 Å². The Labute approximate surface area is 79.1 Å². The summed E-state index contributed by atoms with van der Waals surface area (Å²) in [4.78, 5) is 0. The molecule has 2 heteroatoms. The first-order valence-corrected chi connectivity index (χ1v) is 4.90. The van der Waals surface area contributed by atoms with Gasteiger partial charge in [0.2, 0.25) is 0 Å². The number of hydrogen-bond donors (Lipinski definition) is 2. The van der Waals surface area contributed by atoms with Crippen molar-refractivity contribution in [3.63, 3.8) is 0 Å². The van der Waals surface area contributed by atoms with Crippen molar-refractivity contribution in [1.82, 2.24) is 5.32 Å². The lowest BCUT2D eigenvalue weighted by molar-refractivity contribution is 0.369. The number of nitrogens with two attached hydrogens (primary N) is 1. The summed E-state index contributed by atoms with van der Waals surface area (Å²) in [6.07, 6.45) is 2.16. The molecule has 0 amide bonds. The fourth-order valence-electron chi connectivity index (χ4n) is 1.89. The molecule has 1 heterocycles. The fraction of sp³-hybridized carbons (Fsp3) is 0.455. The normalized spacial score (nSPS) is 28.7. The quantitative estimate of drug-likeness (QED) is 0.679. The Hall–Kier alpha value is -0.860. The van der Waals surface area contributed by atoms with E-state index in [1.807, 2.05) is 6.07 Å². The Morgan fingerprint density at radius 3 is 2.69 bits per heavy atom. The van der Waals surface area contributed by atoms with Crippen LogP contribution in [0.1, 0.15) is 24.4 Å². The third-order valence-corrected chi connectivity index (χ3v) is 2.65. The van der Waals surface area contributed by atoms with Gasteiger partial charge in [-0.3, -0.25) is 0 Å². The zero-order valence-corrected chi connectivity index (χ0v) is 7.74. The lowest BCUT2D eigenvalue weighted by Crippen LogP contribution is -2.38. The zero-order chi connectivity index (χ0) is 9.10. The predicted molar refractivity (Wildman–Crippen MR) is 54.4 cm³/mol. The van der Waals surface area contributed by atoms with Gasteiger partial charge < -0.3 is 11.1 Å². The molecule has 1 aliphatic heterocycles. The fourth-order valence-corrected chi connectivity index (χ4v) is 1.89. The van der Waals surface area contributed by atoms with E-state index in [1.165, 1.54) is 5.56 Å². The second-order valence-corrected chi connectivity index (χ2v) is 3.70. The average Bonchev–Trinajstić information content (AvgIpc) is 2.19. The molecule has 0 bridgehead atoms. The maximum atomic E-state index is 5.92. The molecule has 1 aromatic carbocycles. The van der Waals surface area contributed by atoms with Gasteiger partial charge in [-0.05, 0) is 24.9 Å². The molecule has 2 nitrogen and oxygen atoms in total. The van der Waals surface area contributed by atoms with Gasteiger partial charge in [0.1, 0.15) is 0 Å². The lowest BCUT2D eigenvalue weighted by Gasteiger charge is -2.28. The van der Waals surface area contributed by atoms with E-state index in [1.54, 1.807) is 0 Å². The third-order valence-electron chi connectivity index (χ3n) is 2.65. The highest BCUT2D eigenvalue weighted by Gasteiger charge is 2.19. The Bertz CT molecular complexity index is 258. The predicted octanol–water partition coefficient (Wildman–Crippen LogP) is 1.44. The maximum absolute atomic E-state index is 5.92. The molecule has 0 radical (unpaired) electrons. The monoisotopic (exact) mass is 176 g/mol. The summed E-state index contributed by atoms with van der Waals surface area (Å²) in [5.74, 6) is 0. The molecule has 2 unspecified atom stereocenters. The number of piperidine rings is 1. The molecule has 1 saturated heterocycles. The van der Waals surface area contributed by atoms with Crippen LogP contribution in [0.25, 0.3) is 0 Å². The van der Waals surface area contributed by atoms with Gasteiger partial charge in [-0.25, -0.2) is 0 Å². The molecule has 3 N–H and O–H groups in total. The topological polar surface area (TPSA) is 38.0 Å². The van der Waals surface area contributed by atoms with Crippen molar-refractivity contribution < 1.29 is 0 Å². The van der Waals surface area contributed by atoms with Gasteiger partial charge in [-0.2, -0.15) is 0 Å². The summed E-state index contributed by atoms with van der Waals surface area (Å²) in [7, 11) is 0. The molecular formula is C11H16N2. The van der Waals surface area contributed by atoms with Crippen LogP contribution in [-0.4, -0.2) is 12.6 Å². The minimum atomic E-state index is 0.367. The number of hydrogen-bond acceptors (Lipinski definition) is 2. The van der Waals surface area contributed by atoms with Gasteiger partial charge >= 0.3 is 0 Å². The van der Waals surface area contributed by atoms with E-state index >= 15 is 0 Å². The van der Waals surface area contributed by atoms with Gasteiger partial charge in [-0.1, -0.05) is 30.3 Å². The van der Waals surface area contributed by atoms with E-state index in [4.69, 9.17) is 5.73 Å². The molecule has 0 aliphatic carbocycles. The van der Waals surface area contributed by atoms with E-state index in [2.05, 4.69) is 29.6 Å². The average molecular weight is 176 g/mol. The SMILES string of the molecule is NC1CCNC(c2ccccc2)C1. The van der Waals surface area contributed by atoms with Crippen LogP contribution in [0.3, 0.4) is 0 Å². The third kappa shape index (κ3) is 2.08. The van der Waals surface area contributed by atoms with E-state index in [0.717, 1.165) is 19.4 Å². The van der Waals surface area contributed by atoms with Gasteiger partial charge in [0, 0.05) is 12.1 Å². The Kier molecular flexibility index (Phi) is 2.62. The Morgan fingerprint density at radius 2 is 2.00 bits per heavy atom. The van der Waals surface area contributed by atoms with Crippen molar-refractivity contribution in [1.29, 1.82) is 0 Å². The van der Waals surface area contributed by atoms with Crippen molar-refractivity contribution >= 4 is 0 Å². The second kappa shape index (κ2) is 3.90. The van der Waals surface area contributed by atoms with Crippen LogP contribution in [0.15, 0.2) is 30.3 Å². The van der Waals surface area contributed by atoms with E-state index < -0.39 is 0 Å². The summed E-state index contributed by atoms with van der Waals surface area (Å²) in [6, 6.07) is 11.4. The molecular weight excluding hydrogens is 160 g/mol. The van der Waals surface area contributed by atoms with Crippen molar-refractivity contribution in [2.24, 2.45) is 5.73 Å². The highest BCUT2D eigenvalue weighted by Crippen LogP contribution is 2.21. The van der Waals surface area contributed by atoms with Crippen LogP contribution in [-0.2, 0) is 0 Å². The van der Waals surface area contributed by atoms with Crippen LogP contribution in [0, 0.1) is 0 Å². The Balaban J connectivity index is 2.08. The van der Waals surface area contributed by atoms with Crippen LogP contribution in [0.4, 0.5) is 0 Å². The highest BCUT2D eigenvalue weighted by molar-refractivity contribution is 5.19. The molecule has 13 heavy (non-hydrogen) atoms. The van der Waals surface area contributed by atoms with E-state index in [9.17, 15) is 0 Å². The Morgan fingerprint density at radius 1 is 1.23 bits per heavy atom. The molecule has 0 spiro atoms. The number of nitrogens with one attached hydrogen (secondary N) is 1. The minimum Gasteiger partial charge on any atom is -0.328 e. The van der Waals surface area contributed by atoms with Crippen LogP contribution >= 0.6 is 0 Å².